The van der Waals surface area contributed by atoms with Crippen molar-refractivity contribution in [2.45, 2.75) is 26.3 Å². The van der Waals surface area contributed by atoms with Crippen molar-refractivity contribution in [3.05, 3.63) is 83.2 Å². The van der Waals surface area contributed by atoms with E-state index in [0.717, 1.165) is 22.6 Å². The quantitative estimate of drug-likeness (QED) is 0.536. The third-order valence-electron chi connectivity index (χ3n) is 4.91. The monoisotopic (exact) mass is 454 g/mol. The molecule has 0 N–H and O–H groups in total. The highest BCUT2D eigenvalue weighted by Crippen LogP contribution is 2.31. The molecule has 0 aliphatic carbocycles. The molecule has 0 amide bonds. The molecule has 4 rings (SSSR count). The fourth-order valence-corrected chi connectivity index (χ4v) is 5.25. The number of allylic oxidation sites excluding steroid dienone is 1. The van der Waals surface area contributed by atoms with Crippen LogP contribution in [0.1, 0.15) is 36.8 Å². The zero-order valence-electron chi connectivity index (χ0n) is 17.5. The number of methoxy groups -OCH3 is 1. The highest BCUT2D eigenvalue weighted by atomic mass is 32.1. The SMILES string of the molecule is CCCOc1ccc(C2C(C(=O)OC)=C(C)N=c3s/c(=C\c4cccs4)c(=O)n32)cc1. The van der Waals surface area contributed by atoms with Gasteiger partial charge in [-0.25, -0.2) is 9.79 Å². The van der Waals surface area contributed by atoms with E-state index >= 15 is 0 Å². The van der Waals surface area contributed by atoms with Crippen molar-refractivity contribution in [1.82, 2.24) is 4.57 Å². The second kappa shape index (κ2) is 9.03. The van der Waals surface area contributed by atoms with Crippen molar-refractivity contribution >= 4 is 34.7 Å². The summed E-state index contributed by atoms with van der Waals surface area (Å²) in [6.07, 6.45) is 2.78. The first-order valence-electron chi connectivity index (χ1n) is 9.90. The Morgan fingerprint density at radius 3 is 2.68 bits per heavy atom. The Kier molecular flexibility index (Phi) is 6.20. The Balaban J connectivity index is 1.88. The average molecular weight is 455 g/mol. The molecule has 160 valence electrons. The van der Waals surface area contributed by atoms with E-state index < -0.39 is 12.0 Å². The van der Waals surface area contributed by atoms with Gasteiger partial charge in [0.2, 0.25) is 0 Å². The van der Waals surface area contributed by atoms with Crippen molar-refractivity contribution in [2.75, 3.05) is 13.7 Å². The molecular formula is C23H22N2O4S2. The molecule has 0 spiro atoms. The fourth-order valence-electron chi connectivity index (χ4n) is 3.48. The van der Waals surface area contributed by atoms with Crippen LogP contribution in [0.15, 0.2) is 62.8 Å². The number of hydrogen-bond acceptors (Lipinski definition) is 7. The summed E-state index contributed by atoms with van der Waals surface area (Å²) in [5, 5.41) is 1.97. The van der Waals surface area contributed by atoms with Crippen LogP contribution in [0.3, 0.4) is 0 Å². The van der Waals surface area contributed by atoms with Gasteiger partial charge in [-0.05, 0) is 48.6 Å². The molecular weight excluding hydrogens is 432 g/mol. The minimum Gasteiger partial charge on any atom is -0.494 e. The molecule has 1 unspecified atom stereocenters. The summed E-state index contributed by atoms with van der Waals surface area (Å²) in [5.74, 6) is 0.251. The molecule has 2 aromatic heterocycles. The molecule has 0 radical (unpaired) electrons. The lowest BCUT2D eigenvalue weighted by atomic mass is 9.96. The van der Waals surface area contributed by atoms with Gasteiger partial charge in [0.1, 0.15) is 5.75 Å². The lowest BCUT2D eigenvalue weighted by Gasteiger charge is -2.24. The second-order valence-corrected chi connectivity index (χ2v) is 8.99. The Hall–Kier alpha value is -2.97. The fraction of sp³-hybridized carbons (Fsp3) is 0.261. The van der Waals surface area contributed by atoms with Crippen molar-refractivity contribution in [2.24, 2.45) is 4.99 Å². The van der Waals surface area contributed by atoms with Gasteiger partial charge in [-0.1, -0.05) is 36.5 Å². The second-order valence-electron chi connectivity index (χ2n) is 7.01. The molecule has 1 aromatic carbocycles. The molecule has 0 saturated heterocycles. The van der Waals surface area contributed by atoms with E-state index in [1.54, 1.807) is 22.8 Å². The number of nitrogens with zero attached hydrogens (tertiary/aromatic N) is 2. The minimum atomic E-state index is -0.616. The van der Waals surface area contributed by atoms with Crippen molar-refractivity contribution in [1.29, 1.82) is 0 Å². The van der Waals surface area contributed by atoms with Crippen LogP contribution >= 0.6 is 22.7 Å². The third-order valence-corrected chi connectivity index (χ3v) is 6.71. The molecule has 0 bridgehead atoms. The first-order valence-corrected chi connectivity index (χ1v) is 11.6. The molecule has 0 fully saturated rings. The highest BCUT2D eigenvalue weighted by molar-refractivity contribution is 7.11. The van der Waals surface area contributed by atoms with Gasteiger partial charge in [0.15, 0.2) is 4.80 Å². The topological polar surface area (TPSA) is 69.9 Å². The van der Waals surface area contributed by atoms with Crippen molar-refractivity contribution in [3.63, 3.8) is 0 Å². The lowest BCUT2D eigenvalue weighted by Crippen LogP contribution is -2.39. The van der Waals surface area contributed by atoms with Gasteiger partial charge in [-0.15, -0.1) is 11.3 Å². The predicted molar refractivity (Wildman–Crippen MR) is 122 cm³/mol. The number of rotatable bonds is 6. The summed E-state index contributed by atoms with van der Waals surface area (Å²) in [4.78, 5) is 32.2. The normalized spacial score (nSPS) is 16.1. The van der Waals surface area contributed by atoms with Crippen LogP contribution in [0.5, 0.6) is 5.75 Å². The van der Waals surface area contributed by atoms with Crippen LogP contribution in [-0.2, 0) is 9.53 Å². The minimum absolute atomic E-state index is 0.178. The summed E-state index contributed by atoms with van der Waals surface area (Å²) >= 11 is 2.88. The summed E-state index contributed by atoms with van der Waals surface area (Å²) in [6.45, 7) is 4.45. The Labute approximate surface area is 187 Å². The number of thiazole rings is 1. The lowest BCUT2D eigenvalue weighted by molar-refractivity contribution is -0.136. The zero-order chi connectivity index (χ0) is 22.0. The molecule has 1 aliphatic rings. The summed E-state index contributed by atoms with van der Waals surface area (Å²) in [5.41, 5.74) is 1.52. The van der Waals surface area contributed by atoms with Gasteiger partial charge in [0.05, 0.1) is 35.6 Å². The summed E-state index contributed by atoms with van der Waals surface area (Å²) in [7, 11) is 1.34. The molecule has 6 nitrogen and oxygen atoms in total. The Morgan fingerprint density at radius 1 is 1.26 bits per heavy atom. The molecule has 1 atom stereocenters. The Bertz CT molecular complexity index is 1300. The smallest absolute Gasteiger partial charge is 0.338 e. The summed E-state index contributed by atoms with van der Waals surface area (Å²) in [6, 6.07) is 10.8. The van der Waals surface area contributed by atoms with Crippen molar-refractivity contribution in [3.8, 4) is 5.75 Å². The maximum Gasteiger partial charge on any atom is 0.338 e. The molecule has 31 heavy (non-hydrogen) atoms. The van der Waals surface area contributed by atoms with E-state index in [0.29, 0.717) is 27.2 Å². The molecule has 3 aromatic rings. The van der Waals surface area contributed by atoms with Gasteiger partial charge in [-0.3, -0.25) is 9.36 Å². The van der Waals surface area contributed by atoms with Crippen LogP contribution in [-0.4, -0.2) is 24.3 Å². The van der Waals surface area contributed by atoms with E-state index in [4.69, 9.17) is 9.47 Å². The number of carbonyl (C=O) groups is 1. The van der Waals surface area contributed by atoms with E-state index in [1.165, 1.54) is 18.4 Å². The predicted octanol–water partition coefficient (Wildman–Crippen LogP) is 3.26. The van der Waals surface area contributed by atoms with E-state index in [2.05, 4.69) is 4.99 Å². The molecule has 0 saturated carbocycles. The standard InChI is InChI=1S/C23H22N2O4S2/c1-4-11-29-16-9-7-15(8-10-16)20-19(22(27)28-3)14(2)24-23-25(20)21(26)18(31-23)13-17-6-5-12-30-17/h5-10,12-13,20H,4,11H2,1-3H3/b18-13-. The van der Waals surface area contributed by atoms with Gasteiger partial charge in [0.25, 0.3) is 5.56 Å². The number of aromatic nitrogens is 1. The van der Waals surface area contributed by atoms with Gasteiger partial charge in [0, 0.05) is 4.88 Å². The highest BCUT2D eigenvalue weighted by Gasteiger charge is 2.33. The van der Waals surface area contributed by atoms with Crippen LogP contribution < -0.4 is 19.6 Å². The number of hydrogen-bond donors (Lipinski definition) is 0. The van der Waals surface area contributed by atoms with E-state index in [-0.39, 0.29) is 5.56 Å². The van der Waals surface area contributed by atoms with Gasteiger partial charge < -0.3 is 9.47 Å². The maximum atomic E-state index is 13.4. The maximum absolute atomic E-state index is 13.4. The van der Waals surface area contributed by atoms with Gasteiger partial charge >= 0.3 is 5.97 Å². The van der Waals surface area contributed by atoms with Crippen LogP contribution in [0.25, 0.3) is 6.08 Å². The number of thiophene rings is 1. The third kappa shape index (κ3) is 4.13. The van der Waals surface area contributed by atoms with Crippen molar-refractivity contribution < 1.29 is 14.3 Å². The average Bonchev–Trinajstić information content (AvgIpc) is 3.39. The number of esters is 1. The van der Waals surface area contributed by atoms with E-state index in [1.807, 2.05) is 54.8 Å². The number of ether oxygens (including phenoxy) is 2. The van der Waals surface area contributed by atoms with Crippen LogP contribution in [0.4, 0.5) is 0 Å². The van der Waals surface area contributed by atoms with Gasteiger partial charge in [-0.2, -0.15) is 0 Å². The number of carbonyl (C=O) groups excluding carboxylic acids is 1. The largest absolute Gasteiger partial charge is 0.494 e. The van der Waals surface area contributed by atoms with Crippen LogP contribution in [0.2, 0.25) is 0 Å². The van der Waals surface area contributed by atoms with E-state index in [9.17, 15) is 9.59 Å². The summed E-state index contributed by atoms with van der Waals surface area (Å²) < 4.78 is 12.9. The number of fused-ring (bicyclic) bond motifs is 1. The zero-order valence-corrected chi connectivity index (χ0v) is 19.1. The molecule has 1 aliphatic heterocycles. The number of benzene rings is 1. The Morgan fingerprint density at radius 2 is 2.03 bits per heavy atom. The molecule has 8 heteroatoms. The first-order chi connectivity index (χ1) is 15.0. The first kappa shape index (κ1) is 21.3. The molecule has 3 heterocycles. The van der Waals surface area contributed by atoms with Crippen LogP contribution in [0, 0.1) is 0 Å².